The maximum absolute atomic E-state index is 12.1. The van der Waals surface area contributed by atoms with Gasteiger partial charge in [-0.2, -0.15) is 0 Å². The summed E-state index contributed by atoms with van der Waals surface area (Å²) in [5, 5.41) is 24.2. The van der Waals surface area contributed by atoms with Crippen molar-refractivity contribution in [2.45, 2.75) is 6.92 Å². The minimum atomic E-state index is -0.304. The maximum Gasteiger partial charge on any atom is 0.255 e. The Morgan fingerprint density at radius 1 is 1.14 bits per heavy atom. The number of hydrogen-bond donors (Lipinski definition) is 3. The minimum Gasteiger partial charge on any atom is -0.507 e. The van der Waals surface area contributed by atoms with Gasteiger partial charge in [0.15, 0.2) is 0 Å². The Kier molecular flexibility index (Phi) is 4.79. The minimum absolute atomic E-state index is 0.0772. The van der Waals surface area contributed by atoms with Crippen LogP contribution in [0.5, 0.6) is 5.75 Å². The number of carbonyl (C=O) groups is 1. The number of phenolic OH excluding ortho intramolecular Hbond substituents is 1. The first-order valence-electron chi connectivity index (χ1n) is 6.10. The number of amides is 1. The summed E-state index contributed by atoms with van der Waals surface area (Å²) in [5.74, 6) is -0.227. The van der Waals surface area contributed by atoms with E-state index in [4.69, 9.17) is 5.21 Å². The molecule has 0 aliphatic rings. The van der Waals surface area contributed by atoms with Gasteiger partial charge in [0.05, 0.1) is 9.28 Å². The molecule has 0 saturated heterocycles. The zero-order valence-electron chi connectivity index (χ0n) is 11.2. The number of aromatic hydroxyl groups is 1. The lowest BCUT2D eigenvalue weighted by Crippen LogP contribution is -2.12. The highest BCUT2D eigenvalue weighted by Gasteiger charge is 2.09. The third kappa shape index (κ3) is 3.72. The predicted molar refractivity (Wildman–Crippen MR) is 89.2 cm³/mol. The highest BCUT2D eigenvalue weighted by atomic mass is 127. The van der Waals surface area contributed by atoms with E-state index in [9.17, 15) is 9.90 Å². The van der Waals surface area contributed by atoms with Gasteiger partial charge in [0, 0.05) is 11.3 Å². The van der Waals surface area contributed by atoms with E-state index >= 15 is 0 Å². The van der Waals surface area contributed by atoms with Crippen LogP contribution in [0.15, 0.2) is 47.6 Å². The molecule has 0 aliphatic heterocycles. The Bertz CT molecular complexity index is 697. The molecule has 0 aromatic heterocycles. The van der Waals surface area contributed by atoms with Gasteiger partial charge in [-0.1, -0.05) is 17.3 Å². The van der Waals surface area contributed by atoms with E-state index in [1.165, 1.54) is 6.07 Å². The first-order valence-corrected chi connectivity index (χ1v) is 7.18. The number of benzene rings is 2. The molecule has 5 nitrogen and oxygen atoms in total. The van der Waals surface area contributed by atoms with Crippen LogP contribution in [0.1, 0.15) is 22.8 Å². The third-order valence-electron chi connectivity index (χ3n) is 2.92. The van der Waals surface area contributed by atoms with Gasteiger partial charge in [-0.15, -0.1) is 0 Å². The molecule has 0 aliphatic carbocycles. The first kappa shape index (κ1) is 15.3. The van der Waals surface area contributed by atoms with E-state index in [0.717, 1.165) is 5.56 Å². The number of anilines is 1. The van der Waals surface area contributed by atoms with Crippen molar-refractivity contribution >= 4 is 39.9 Å². The number of nitrogens with one attached hydrogen (secondary N) is 1. The average Bonchev–Trinajstić information content (AvgIpc) is 2.50. The van der Waals surface area contributed by atoms with Crippen molar-refractivity contribution in [1.82, 2.24) is 0 Å². The van der Waals surface area contributed by atoms with Crippen LogP contribution in [0.25, 0.3) is 0 Å². The summed E-state index contributed by atoms with van der Waals surface area (Å²) >= 11 is 1.99. The smallest absolute Gasteiger partial charge is 0.255 e. The quantitative estimate of drug-likeness (QED) is 0.322. The fourth-order valence-electron chi connectivity index (χ4n) is 1.71. The molecular formula is C15H13IN2O3. The summed E-state index contributed by atoms with van der Waals surface area (Å²) in [7, 11) is 0. The van der Waals surface area contributed by atoms with E-state index in [1.807, 2.05) is 22.6 Å². The lowest BCUT2D eigenvalue weighted by atomic mass is 10.1. The Labute approximate surface area is 135 Å². The standard InChI is InChI=1S/C15H13IN2O3/c1-9(18-21)10-2-5-12(6-3-10)17-15(20)11-4-7-13(16)14(19)8-11/h2-8,19,21H,1H3,(H,17,20)/b18-9-. The van der Waals surface area contributed by atoms with Crippen molar-refractivity contribution in [1.29, 1.82) is 0 Å². The molecule has 2 aromatic rings. The van der Waals surface area contributed by atoms with Crippen molar-refractivity contribution in [3.05, 3.63) is 57.2 Å². The van der Waals surface area contributed by atoms with Crippen LogP contribution in [0.3, 0.4) is 0 Å². The van der Waals surface area contributed by atoms with Gasteiger partial charge in [0.1, 0.15) is 5.75 Å². The molecule has 21 heavy (non-hydrogen) atoms. The van der Waals surface area contributed by atoms with E-state index in [1.54, 1.807) is 43.3 Å². The van der Waals surface area contributed by atoms with Gasteiger partial charge in [-0.3, -0.25) is 4.79 Å². The van der Waals surface area contributed by atoms with Gasteiger partial charge in [-0.05, 0) is 65.4 Å². The molecule has 0 radical (unpaired) electrons. The van der Waals surface area contributed by atoms with E-state index < -0.39 is 0 Å². The fraction of sp³-hybridized carbons (Fsp3) is 0.0667. The molecular weight excluding hydrogens is 383 g/mol. The zero-order valence-corrected chi connectivity index (χ0v) is 13.3. The summed E-state index contributed by atoms with van der Waals surface area (Å²) in [5.41, 5.74) is 2.26. The van der Waals surface area contributed by atoms with Crippen LogP contribution in [0.4, 0.5) is 5.69 Å². The molecule has 108 valence electrons. The number of oxime groups is 1. The summed E-state index contributed by atoms with van der Waals surface area (Å²) in [6.45, 7) is 1.68. The fourth-order valence-corrected chi connectivity index (χ4v) is 2.05. The van der Waals surface area contributed by atoms with Crippen molar-refractivity contribution in [2.24, 2.45) is 5.16 Å². The van der Waals surface area contributed by atoms with Gasteiger partial charge in [0.25, 0.3) is 5.91 Å². The largest absolute Gasteiger partial charge is 0.507 e. The number of hydrogen-bond acceptors (Lipinski definition) is 4. The third-order valence-corrected chi connectivity index (χ3v) is 3.83. The SMILES string of the molecule is C/C(=N/O)c1ccc(NC(=O)c2ccc(I)c(O)c2)cc1. The Hall–Kier alpha value is -2.09. The Morgan fingerprint density at radius 2 is 1.76 bits per heavy atom. The average molecular weight is 396 g/mol. The molecule has 3 N–H and O–H groups in total. The molecule has 1 amide bonds. The van der Waals surface area contributed by atoms with Gasteiger partial charge in [0.2, 0.25) is 0 Å². The van der Waals surface area contributed by atoms with Crippen molar-refractivity contribution in [2.75, 3.05) is 5.32 Å². The van der Waals surface area contributed by atoms with E-state index in [0.29, 0.717) is 20.5 Å². The molecule has 6 heteroatoms. The van der Waals surface area contributed by atoms with E-state index in [2.05, 4.69) is 10.5 Å². The van der Waals surface area contributed by atoms with Crippen LogP contribution in [0, 0.1) is 3.57 Å². The second-order valence-corrected chi connectivity index (χ2v) is 5.55. The number of carbonyl (C=O) groups excluding carboxylic acids is 1. The summed E-state index contributed by atoms with van der Waals surface area (Å²) < 4.78 is 0.687. The molecule has 0 saturated carbocycles. The molecule has 0 unspecified atom stereocenters. The lowest BCUT2D eigenvalue weighted by Gasteiger charge is -2.07. The van der Waals surface area contributed by atoms with Crippen LogP contribution >= 0.6 is 22.6 Å². The monoisotopic (exact) mass is 396 g/mol. The first-order chi connectivity index (χ1) is 10.0. The van der Waals surface area contributed by atoms with Gasteiger partial charge >= 0.3 is 0 Å². The summed E-state index contributed by atoms with van der Waals surface area (Å²) in [6.07, 6.45) is 0. The number of rotatable bonds is 3. The molecule has 0 atom stereocenters. The van der Waals surface area contributed by atoms with Crippen LogP contribution in [0.2, 0.25) is 0 Å². The number of nitrogens with zero attached hydrogens (tertiary/aromatic N) is 1. The highest BCUT2D eigenvalue weighted by molar-refractivity contribution is 14.1. The molecule has 0 bridgehead atoms. The van der Waals surface area contributed by atoms with Crippen molar-refractivity contribution in [3.8, 4) is 5.75 Å². The van der Waals surface area contributed by atoms with Crippen molar-refractivity contribution < 1.29 is 15.1 Å². The second-order valence-electron chi connectivity index (χ2n) is 4.38. The highest BCUT2D eigenvalue weighted by Crippen LogP contribution is 2.21. The Balaban J connectivity index is 2.14. The van der Waals surface area contributed by atoms with Crippen LogP contribution < -0.4 is 5.32 Å². The molecule has 2 rings (SSSR count). The van der Waals surface area contributed by atoms with Gasteiger partial charge in [-0.25, -0.2) is 0 Å². The zero-order chi connectivity index (χ0) is 15.4. The number of phenols is 1. The predicted octanol–water partition coefficient (Wildman–Crippen LogP) is 3.45. The normalized spacial score (nSPS) is 11.2. The second kappa shape index (κ2) is 6.57. The maximum atomic E-state index is 12.1. The summed E-state index contributed by atoms with van der Waals surface area (Å²) in [6, 6.07) is 11.7. The van der Waals surface area contributed by atoms with Crippen molar-refractivity contribution in [3.63, 3.8) is 0 Å². The van der Waals surface area contributed by atoms with Crippen LogP contribution in [-0.4, -0.2) is 21.9 Å². The van der Waals surface area contributed by atoms with Crippen LogP contribution in [-0.2, 0) is 0 Å². The summed E-state index contributed by atoms with van der Waals surface area (Å²) in [4.78, 5) is 12.1. The van der Waals surface area contributed by atoms with Gasteiger partial charge < -0.3 is 15.6 Å². The molecule has 0 fully saturated rings. The molecule has 2 aromatic carbocycles. The lowest BCUT2D eigenvalue weighted by molar-refractivity contribution is 0.102. The molecule has 0 heterocycles. The Morgan fingerprint density at radius 3 is 2.33 bits per heavy atom. The van der Waals surface area contributed by atoms with E-state index in [-0.39, 0.29) is 11.7 Å². The molecule has 0 spiro atoms. The number of halogens is 1. The topological polar surface area (TPSA) is 81.9 Å².